The maximum Gasteiger partial charge on any atom is 0.256 e. The molecule has 2 N–H and O–H groups in total. The first-order chi connectivity index (χ1) is 14.1. The van der Waals surface area contributed by atoms with E-state index in [4.69, 9.17) is 0 Å². The van der Waals surface area contributed by atoms with E-state index in [1.54, 1.807) is 23.5 Å². The van der Waals surface area contributed by atoms with E-state index in [1.807, 2.05) is 48.5 Å². The number of anilines is 1. The predicted octanol–water partition coefficient (Wildman–Crippen LogP) is 5.06. The first-order valence-corrected chi connectivity index (χ1v) is 10.8. The molecule has 0 unspecified atom stereocenters. The molecule has 2 amide bonds. The van der Waals surface area contributed by atoms with E-state index in [0.29, 0.717) is 28.6 Å². The number of rotatable bonds is 5. The van der Waals surface area contributed by atoms with Crippen LogP contribution in [0, 0.1) is 5.92 Å². The predicted molar refractivity (Wildman–Crippen MR) is 118 cm³/mol. The van der Waals surface area contributed by atoms with Crippen LogP contribution in [0.25, 0.3) is 0 Å². The van der Waals surface area contributed by atoms with E-state index in [0.717, 1.165) is 30.4 Å². The summed E-state index contributed by atoms with van der Waals surface area (Å²) in [5.41, 5.74) is 3.37. The molecule has 1 heterocycles. The van der Waals surface area contributed by atoms with Crippen molar-refractivity contribution < 1.29 is 9.59 Å². The highest BCUT2D eigenvalue weighted by Crippen LogP contribution is 2.39. The third-order valence-electron chi connectivity index (χ3n) is 5.30. The van der Waals surface area contributed by atoms with Crippen molar-refractivity contribution in [2.24, 2.45) is 5.92 Å². The fourth-order valence-corrected chi connectivity index (χ4v) is 5.11. The third kappa shape index (κ3) is 4.40. The SMILES string of the molecule is C[C@@H]1CCc2c(sc(NC(=O)c3ccccc3)c2C(=O)NCc2ccccc2)C1. The second-order valence-corrected chi connectivity index (χ2v) is 8.65. The zero-order valence-electron chi connectivity index (χ0n) is 16.4. The van der Waals surface area contributed by atoms with Crippen molar-refractivity contribution in [1.29, 1.82) is 0 Å². The summed E-state index contributed by atoms with van der Waals surface area (Å²) in [6.45, 7) is 2.70. The van der Waals surface area contributed by atoms with E-state index < -0.39 is 0 Å². The summed E-state index contributed by atoms with van der Waals surface area (Å²) in [6.07, 6.45) is 2.90. The van der Waals surface area contributed by atoms with E-state index in [2.05, 4.69) is 17.6 Å². The van der Waals surface area contributed by atoms with Gasteiger partial charge in [0.2, 0.25) is 0 Å². The van der Waals surface area contributed by atoms with Crippen molar-refractivity contribution in [3.05, 3.63) is 87.8 Å². The monoisotopic (exact) mass is 404 g/mol. The van der Waals surface area contributed by atoms with E-state index >= 15 is 0 Å². The first kappa shape index (κ1) is 19.4. The molecular formula is C24H24N2O2S. The molecule has 4 rings (SSSR count). The van der Waals surface area contributed by atoms with Gasteiger partial charge in [-0.1, -0.05) is 55.5 Å². The van der Waals surface area contributed by atoms with E-state index in [-0.39, 0.29) is 11.8 Å². The fourth-order valence-electron chi connectivity index (χ4n) is 3.71. The Morgan fingerprint density at radius 1 is 1.00 bits per heavy atom. The lowest BCUT2D eigenvalue weighted by Crippen LogP contribution is -2.26. The number of hydrogen-bond donors (Lipinski definition) is 2. The maximum atomic E-state index is 13.1. The van der Waals surface area contributed by atoms with Gasteiger partial charge in [0.05, 0.1) is 5.56 Å². The molecule has 29 heavy (non-hydrogen) atoms. The van der Waals surface area contributed by atoms with Gasteiger partial charge in [0, 0.05) is 17.0 Å². The molecule has 0 aliphatic heterocycles. The van der Waals surface area contributed by atoms with Gasteiger partial charge in [-0.25, -0.2) is 0 Å². The highest BCUT2D eigenvalue weighted by atomic mass is 32.1. The largest absolute Gasteiger partial charge is 0.348 e. The molecule has 1 aromatic heterocycles. The number of carbonyl (C=O) groups excluding carboxylic acids is 2. The van der Waals surface area contributed by atoms with E-state index in [9.17, 15) is 9.59 Å². The Morgan fingerprint density at radius 3 is 2.41 bits per heavy atom. The van der Waals surface area contributed by atoms with Crippen LogP contribution in [0.4, 0.5) is 5.00 Å². The standard InChI is InChI=1S/C24H24N2O2S/c1-16-12-13-19-20(14-16)29-24(26-22(27)18-10-6-3-7-11-18)21(19)23(28)25-15-17-8-4-2-5-9-17/h2-11,16H,12-15H2,1H3,(H,25,28)(H,26,27)/t16-/m1/s1. The summed E-state index contributed by atoms with van der Waals surface area (Å²) in [4.78, 5) is 27.0. The van der Waals surface area contributed by atoms with Crippen molar-refractivity contribution in [1.82, 2.24) is 5.32 Å². The van der Waals surface area contributed by atoms with Gasteiger partial charge in [-0.05, 0) is 48.4 Å². The Morgan fingerprint density at radius 2 is 1.69 bits per heavy atom. The van der Waals surface area contributed by atoms with Crippen molar-refractivity contribution in [3.8, 4) is 0 Å². The number of carbonyl (C=O) groups is 2. The molecular weight excluding hydrogens is 380 g/mol. The van der Waals surface area contributed by atoms with Gasteiger partial charge < -0.3 is 10.6 Å². The molecule has 4 nitrogen and oxygen atoms in total. The molecule has 0 saturated heterocycles. The number of amides is 2. The number of fused-ring (bicyclic) bond motifs is 1. The topological polar surface area (TPSA) is 58.2 Å². The Kier molecular flexibility index (Phi) is 5.76. The lowest BCUT2D eigenvalue weighted by Gasteiger charge is -2.18. The molecule has 2 aromatic carbocycles. The Bertz CT molecular complexity index is 1010. The van der Waals surface area contributed by atoms with Crippen LogP contribution >= 0.6 is 11.3 Å². The van der Waals surface area contributed by atoms with Gasteiger partial charge in [0.25, 0.3) is 11.8 Å². The van der Waals surface area contributed by atoms with Gasteiger partial charge in [-0.3, -0.25) is 9.59 Å². The van der Waals surface area contributed by atoms with Gasteiger partial charge in [0.15, 0.2) is 0 Å². The van der Waals surface area contributed by atoms with Crippen molar-refractivity contribution in [2.45, 2.75) is 32.7 Å². The Hall–Kier alpha value is -2.92. The van der Waals surface area contributed by atoms with Crippen LogP contribution in [0.2, 0.25) is 0 Å². The average molecular weight is 405 g/mol. The normalized spacial score (nSPS) is 15.4. The van der Waals surface area contributed by atoms with Crippen LogP contribution in [0.5, 0.6) is 0 Å². The molecule has 0 bridgehead atoms. The summed E-state index contributed by atoms with van der Waals surface area (Å²) in [7, 11) is 0. The van der Waals surface area contributed by atoms with Gasteiger partial charge in [0.1, 0.15) is 5.00 Å². The smallest absolute Gasteiger partial charge is 0.256 e. The molecule has 1 atom stereocenters. The van der Waals surface area contributed by atoms with E-state index in [1.165, 1.54) is 4.88 Å². The zero-order valence-corrected chi connectivity index (χ0v) is 17.2. The molecule has 0 spiro atoms. The lowest BCUT2D eigenvalue weighted by atomic mass is 9.88. The van der Waals surface area contributed by atoms with Crippen molar-refractivity contribution in [3.63, 3.8) is 0 Å². The van der Waals surface area contributed by atoms with Crippen LogP contribution in [-0.4, -0.2) is 11.8 Å². The number of thiophene rings is 1. The van der Waals surface area contributed by atoms with Crippen LogP contribution in [-0.2, 0) is 19.4 Å². The van der Waals surface area contributed by atoms with Crippen molar-refractivity contribution in [2.75, 3.05) is 5.32 Å². The first-order valence-electron chi connectivity index (χ1n) is 9.95. The van der Waals surface area contributed by atoms with Crippen LogP contribution in [0.3, 0.4) is 0 Å². The molecule has 148 valence electrons. The quantitative estimate of drug-likeness (QED) is 0.625. The van der Waals surface area contributed by atoms with Crippen LogP contribution in [0.1, 0.15) is 50.1 Å². The molecule has 1 aliphatic carbocycles. The maximum absolute atomic E-state index is 13.1. The van der Waals surface area contributed by atoms with Gasteiger partial charge in [-0.15, -0.1) is 11.3 Å². The molecule has 0 fully saturated rings. The minimum Gasteiger partial charge on any atom is -0.348 e. The number of hydrogen-bond acceptors (Lipinski definition) is 3. The lowest BCUT2D eigenvalue weighted by molar-refractivity contribution is 0.0951. The summed E-state index contributed by atoms with van der Waals surface area (Å²) < 4.78 is 0. The molecule has 5 heteroatoms. The second-order valence-electron chi connectivity index (χ2n) is 7.54. The zero-order chi connectivity index (χ0) is 20.2. The summed E-state index contributed by atoms with van der Waals surface area (Å²) in [6, 6.07) is 19.0. The Balaban J connectivity index is 1.60. The van der Waals surface area contributed by atoms with Gasteiger partial charge >= 0.3 is 0 Å². The Labute approximate surface area is 175 Å². The van der Waals surface area contributed by atoms with Gasteiger partial charge in [-0.2, -0.15) is 0 Å². The minimum absolute atomic E-state index is 0.121. The highest BCUT2D eigenvalue weighted by molar-refractivity contribution is 7.17. The van der Waals surface area contributed by atoms with Crippen LogP contribution < -0.4 is 10.6 Å². The number of benzene rings is 2. The molecule has 3 aromatic rings. The van der Waals surface area contributed by atoms with Crippen molar-refractivity contribution >= 4 is 28.2 Å². The summed E-state index contributed by atoms with van der Waals surface area (Å²) in [5.74, 6) is 0.290. The summed E-state index contributed by atoms with van der Waals surface area (Å²) in [5, 5.41) is 6.69. The van der Waals surface area contributed by atoms with Crippen LogP contribution in [0.15, 0.2) is 60.7 Å². The molecule has 0 radical (unpaired) electrons. The minimum atomic E-state index is -0.186. The molecule has 0 saturated carbocycles. The molecule has 1 aliphatic rings. The summed E-state index contributed by atoms with van der Waals surface area (Å²) >= 11 is 1.55. The second kappa shape index (κ2) is 8.62. The average Bonchev–Trinajstić information content (AvgIpc) is 3.10. The number of nitrogens with one attached hydrogen (secondary N) is 2. The fraction of sp³-hybridized carbons (Fsp3) is 0.250. The third-order valence-corrected chi connectivity index (χ3v) is 6.47. The highest BCUT2D eigenvalue weighted by Gasteiger charge is 2.28.